The molecule has 3 nitrogen and oxygen atoms in total. The normalized spacial score (nSPS) is 12.5. The maximum Gasteiger partial charge on any atom is 0.308 e. The molecule has 0 heterocycles. The Morgan fingerprint density at radius 2 is 1.36 bits per heavy atom. The number of carbonyl (C=O) groups is 2. The molecule has 0 atom stereocenters. The molecule has 3 aromatic carbocycles. The van der Waals surface area contributed by atoms with Crippen LogP contribution >= 0.6 is 0 Å². The highest BCUT2D eigenvalue weighted by molar-refractivity contribution is 6.38. The summed E-state index contributed by atoms with van der Waals surface area (Å²) in [5.74, 6) is -1.31. The van der Waals surface area contributed by atoms with E-state index in [9.17, 15) is 18.4 Å². The number of Topliss-reactive ketones (excluding diaryl/α,β-unsaturated/α-hetero) is 1. The quantitative estimate of drug-likeness (QED) is 0.461. The number of esters is 1. The predicted octanol–water partition coefficient (Wildman–Crippen LogP) is 5.29. The van der Waals surface area contributed by atoms with Crippen LogP contribution < -0.4 is 4.74 Å². The Hall–Kier alpha value is -3.60. The van der Waals surface area contributed by atoms with Crippen molar-refractivity contribution in [1.29, 1.82) is 0 Å². The largest absolute Gasteiger partial charge is 0.427 e. The van der Waals surface area contributed by atoms with Crippen LogP contribution in [0.3, 0.4) is 0 Å². The summed E-state index contributed by atoms with van der Waals surface area (Å²) in [6.45, 7) is 1.27. The van der Waals surface area contributed by atoms with Crippen molar-refractivity contribution in [2.75, 3.05) is 0 Å². The maximum atomic E-state index is 13.3. The highest BCUT2D eigenvalue weighted by Crippen LogP contribution is 2.40. The summed E-state index contributed by atoms with van der Waals surface area (Å²) in [6, 6.07) is 14.6. The average molecular weight is 376 g/mol. The van der Waals surface area contributed by atoms with E-state index in [2.05, 4.69) is 0 Å². The minimum atomic E-state index is -0.512. The molecule has 0 radical (unpaired) electrons. The zero-order valence-electron chi connectivity index (χ0n) is 14.8. The number of allylic oxidation sites excluding steroid dienone is 1. The Kier molecular flexibility index (Phi) is 4.35. The molecule has 0 bridgehead atoms. The fraction of sp³-hybridized carbons (Fsp3) is 0.0435. The van der Waals surface area contributed by atoms with Crippen molar-refractivity contribution in [1.82, 2.24) is 0 Å². The van der Waals surface area contributed by atoms with Crippen LogP contribution in [-0.4, -0.2) is 11.8 Å². The molecule has 4 rings (SSSR count). The molecule has 1 aliphatic rings. The van der Waals surface area contributed by atoms with Gasteiger partial charge in [0.25, 0.3) is 0 Å². The highest BCUT2D eigenvalue weighted by Gasteiger charge is 2.27. The van der Waals surface area contributed by atoms with Gasteiger partial charge in [-0.3, -0.25) is 9.59 Å². The van der Waals surface area contributed by atoms with E-state index in [1.165, 1.54) is 49.4 Å². The Morgan fingerprint density at radius 3 is 1.93 bits per heavy atom. The van der Waals surface area contributed by atoms with E-state index in [1.807, 2.05) is 0 Å². The molecule has 1 aliphatic carbocycles. The van der Waals surface area contributed by atoms with Crippen molar-refractivity contribution in [2.45, 2.75) is 6.92 Å². The molecule has 0 aromatic heterocycles. The molecule has 0 saturated heterocycles. The van der Waals surface area contributed by atoms with Crippen LogP contribution in [0.4, 0.5) is 8.78 Å². The summed E-state index contributed by atoms with van der Waals surface area (Å²) < 4.78 is 31.8. The van der Waals surface area contributed by atoms with Gasteiger partial charge in [0.2, 0.25) is 0 Å². The molecule has 138 valence electrons. The number of hydrogen-bond donors (Lipinski definition) is 0. The molecular formula is C23H14F2O3. The van der Waals surface area contributed by atoms with Gasteiger partial charge in [-0.1, -0.05) is 24.3 Å². The fourth-order valence-electron chi connectivity index (χ4n) is 3.26. The summed E-state index contributed by atoms with van der Waals surface area (Å²) in [5, 5.41) is 0. The first-order valence-electron chi connectivity index (χ1n) is 8.57. The molecule has 5 heteroatoms. The van der Waals surface area contributed by atoms with Gasteiger partial charge >= 0.3 is 5.97 Å². The van der Waals surface area contributed by atoms with Gasteiger partial charge in [-0.15, -0.1) is 0 Å². The van der Waals surface area contributed by atoms with E-state index in [1.54, 1.807) is 24.3 Å². The lowest BCUT2D eigenvalue weighted by Gasteiger charge is -2.11. The van der Waals surface area contributed by atoms with Crippen LogP contribution in [0.1, 0.15) is 28.4 Å². The minimum Gasteiger partial charge on any atom is -0.427 e. The third kappa shape index (κ3) is 3.22. The predicted molar refractivity (Wildman–Crippen MR) is 102 cm³/mol. The van der Waals surface area contributed by atoms with Crippen LogP contribution in [0.5, 0.6) is 5.75 Å². The van der Waals surface area contributed by atoms with E-state index < -0.39 is 11.8 Å². The first-order chi connectivity index (χ1) is 13.4. The van der Waals surface area contributed by atoms with Crippen molar-refractivity contribution in [3.8, 4) is 16.9 Å². The fourth-order valence-corrected chi connectivity index (χ4v) is 3.26. The van der Waals surface area contributed by atoms with Crippen molar-refractivity contribution in [3.05, 3.63) is 89.0 Å². The Balaban J connectivity index is 1.89. The van der Waals surface area contributed by atoms with Gasteiger partial charge in [-0.25, -0.2) is 8.78 Å². The van der Waals surface area contributed by atoms with Gasteiger partial charge in [0.05, 0.1) is 0 Å². The third-order valence-corrected chi connectivity index (χ3v) is 4.50. The second-order valence-corrected chi connectivity index (χ2v) is 6.43. The zero-order valence-corrected chi connectivity index (χ0v) is 14.8. The topological polar surface area (TPSA) is 43.4 Å². The zero-order chi connectivity index (χ0) is 19.8. The van der Waals surface area contributed by atoms with E-state index in [-0.39, 0.29) is 17.3 Å². The van der Waals surface area contributed by atoms with Crippen molar-refractivity contribution in [2.24, 2.45) is 0 Å². The number of ketones is 1. The Morgan fingerprint density at radius 1 is 0.821 bits per heavy atom. The lowest BCUT2D eigenvalue weighted by atomic mass is 9.96. The number of carbonyl (C=O) groups excluding carboxylic acids is 2. The summed E-state index contributed by atoms with van der Waals surface area (Å²) in [7, 11) is 0. The number of halogens is 2. The average Bonchev–Trinajstić information content (AvgIpc) is 2.99. The second-order valence-electron chi connectivity index (χ2n) is 6.43. The van der Waals surface area contributed by atoms with Crippen LogP contribution in [0.2, 0.25) is 0 Å². The molecule has 3 aromatic rings. The number of hydrogen-bond acceptors (Lipinski definition) is 3. The van der Waals surface area contributed by atoms with Crippen molar-refractivity contribution < 1.29 is 23.1 Å². The molecule has 0 amide bonds. The maximum absolute atomic E-state index is 13.3. The molecule has 0 saturated carbocycles. The lowest BCUT2D eigenvalue weighted by molar-refractivity contribution is -0.131. The lowest BCUT2D eigenvalue weighted by Crippen LogP contribution is -2.04. The molecule has 0 N–H and O–H groups in total. The van der Waals surface area contributed by atoms with E-state index >= 15 is 0 Å². The highest BCUT2D eigenvalue weighted by atomic mass is 19.1. The van der Waals surface area contributed by atoms with Crippen molar-refractivity contribution in [3.63, 3.8) is 0 Å². The third-order valence-electron chi connectivity index (χ3n) is 4.50. The smallest absolute Gasteiger partial charge is 0.308 e. The van der Waals surface area contributed by atoms with Crippen LogP contribution in [0.25, 0.3) is 22.8 Å². The Bertz CT molecular complexity index is 1130. The standard InChI is InChI=1S/C23H14F2O3/c1-13(26)28-18-10-19(14-2-6-16(24)7-3-14)21-12-20(23(27)22(21)11-18)15-4-8-17(25)9-5-15/h2-12H,1H3. The first-order valence-corrected chi connectivity index (χ1v) is 8.57. The summed E-state index contributed by atoms with van der Waals surface area (Å²) in [4.78, 5) is 24.4. The van der Waals surface area contributed by atoms with Gasteiger partial charge in [0.15, 0.2) is 5.78 Å². The van der Waals surface area contributed by atoms with Crippen molar-refractivity contribution >= 4 is 23.4 Å². The van der Waals surface area contributed by atoms with Crippen LogP contribution in [0, 0.1) is 11.6 Å². The van der Waals surface area contributed by atoms with Gasteiger partial charge in [0, 0.05) is 18.1 Å². The van der Waals surface area contributed by atoms with Crippen LogP contribution in [-0.2, 0) is 4.79 Å². The summed E-state index contributed by atoms with van der Waals surface area (Å²) >= 11 is 0. The minimum absolute atomic E-state index is 0.229. The molecule has 0 aliphatic heterocycles. The number of rotatable bonds is 3. The number of benzene rings is 3. The second kappa shape index (κ2) is 6.85. The monoisotopic (exact) mass is 376 g/mol. The molecule has 0 unspecified atom stereocenters. The van der Waals surface area contributed by atoms with E-state index in [0.717, 1.165) is 0 Å². The number of fused-ring (bicyclic) bond motifs is 1. The molecule has 28 heavy (non-hydrogen) atoms. The van der Waals surface area contributed by atoms with E-state index in [0.29, 0.717) is 33.4 Å². The SMILES string of the molecule is CC(=O)Oc1cc2c(c(-c3ccc(F)cc3)c1)C=C(c1ccc(F)cc1)C2=O. The summed E-state index contributed by atoms with van der Waals surface area (Å²) in [6.07, 6.45) is 1.72. The van der Waals surface area contributed by atoms with Gasteiger partial charge < -0.3 is 4.74 Å². The van der Waals surface area contributed by atoms with Gasteiger partial charge in [-0.2, -0.15) is 0 Å². The Labute approximate surface area is 159 Å². The van der Waals surface area contributed by atoms with Gasteiger partial charge in [-0.05, 0) is 64.7 Å². The molecule has 0 fully saturated rings. The first kappa shape index (κ1) is 17.8. The van der Waals surface area contributed by atoms with E-state index in [4.69, 9.17) is 4.74 Å². The van der Waals surface area contributed by atoms with Crippen LogP contribution in [0.15, 0.2) is 60.7 Å². The summed E-state index contributed by atoms with van der Waals surface area (Å²) in [5.41, 5.74) is 3.33. The van der Waals surface area contributed by atoms with Gasteiger partial charge in [0.1, 0.15) is 17.4 Å². The molecule has 0 spiro atoms. The molecular weight excluding hydrogens is 362 g/mol. The number of ether oxygens (including phenoxy) is 1.